The van der Waals surface area contributed by atoms with Crippen LogP contribution in [0.5, 0.6) is 0 Å². The molecule has 0 aliphatic carbocycles. The van der Waals surface area contributed by atoms with Crippen molar-refractivity contribution in [3.05, 3.63) is 0 Å². The van der Waals surface area contributed by atoms with Crippen molar-refractivity contribution in [3.8, 4) is 0 Å². The monoisotopic (exact) mass is 1000 g/mol. The van der Waals surface area contributed by atoms with E-state index in [1.165, 1.54) is 0 Å². The van der Waals surface area contributed by atoms with E-state index in [4.69, 9.17) is 56.8 Å². The predicted molar refractivity (Wildman–Crippen MR) is 197 cm³/mol. The van der Waals surface area contributed by atoms with Gasteiger partial charge >= 0.3 is 11.9 Å². The zero-order valence-electron chi connectivity index (χ0n) is 34.9. The maximum atomic E-state index is 12.5. The first-order valence-corrected chi connectivity index (χ1v) is 21.1. The number of ether oxygens (including phenoxy) is 12. The van der Waals surface area contributed by atoms with Gasteiger partial charge in [0.15, 0.2) is 49.9 Å². The van der Waals surface area contributed by atoms with Crippen LogP contribution in [0, 0.1) is 0 Å². The molecule has 0 spiro atoms. The molecule has 392 valence electrons. The van der Waals surface area contributed by atoms with E-state index in [-0.39, 0.29) is 0 Å². The van der Waals surface area contributed by atoms with E-state index >= 15 is 0 Å². The van der Waals surface area contributed by atoms with Gasteiger partial charge < -0.3 is 149 Å². The summed E-state index contributed by atoms with van der Waals surface area (Å²) in [6.07, 6.45) is -64.7. The van der Waals surface area contributed by atoms with E-state index in [9.17, 15) is 102 Å². The molecule has 0 aromatic heterocycles. The van der Waals surface area contributed by atoms with Crippen LogP contribution in [0.3, 0.4) is 0 Å². The van der Waals surface area contributed by atoms with Crippen LogP contribution in [-0.2, 0) is 66.4 Å². The molecule has 22 aliphatic rings. The fourth-order valence-electron chi connectivity index (χ4n) is 8.86. The maximum absolute atomic E-state index is 12.5. The molecule has 22 fully saturated rings. The molecule has 0 aromatic rings. The van der Waals surface area contributed by atoms with Gasteiger partial charge in [-0.05, 0) is 0 Å². The normalized spacial score (nSPS) is 53.9. The van der Waals surface area contributed by atoms with Gasteiger partial charge in [-0.25, -0.2) is 9.59 Å². The van der Waals surface area contributed by atoms with E-state index in [1.807, 2.05) is 0 Å². The van der Waals surface area contributed by atoms with Crippen LogP contribution in [0.2, 0.25) is 0 Å². The van der Waals surface area contributed by atoms with Crippen molar-refractivity contribution in [3.63, 3.8) is 0 Å². The summed E-state index contributed by atoms with van der Waals surface area (Å²) in [7, 11) is 0. The Bertz CT molecular complexity index is 1550. The molecule has 30 atom stereocenters. The topological polar surface area (TPSA) is 509 Å². The molecule has 0 aromatic carbocycles. The molecule has 0 radical (unpaired) electrons. The molecule has 22 heterocycles. The minimum Gasteiger partial charge on any atom is -0.479 e. The number of carboxylic acids is 2. The second-order valence-electron chi connectivity index (χ2n) is 16.9. The van der Waals surface area contributed by atoms with Crippen molar-refractivity contribution in [2.24, 2.45) is 0 Å². The van der Waals surface area contributed by atoms with Crippen molar-refractivity contribution in [2.45, 2.75) is 184 Å². The van der Waals surface area contributed by atoms with Gasteiger partial charge in [0.05, 0.1) is 26.4 Å². The summed E-state index contributed by atoms with van der Waals surface area (Å²) in [6, 6.07) is 0. The van der Waals surface area contributed by atoms with E-state index in [0.29, 0.717) is 0 Å². The minimum absolute atomic E-state index is 1.10. The number of hydrogen-bond acceptors (Lipinski definition) is 30. The third-order valence-corrected chi connectivity index (χ3v) is 12.6. The second-order valence-corrected chi connectivity index (χ2v) is 16.9. The van der Waals surface area contributed by atoms with Gasteiger partial charge in [-0.3, -0.25) is 0 Å². The Labute approximate surface area is 380 Å². The lowest BCUT2D eigenvalue weighted by Gasteiger charge is -2.50. The van der Waals surface area contributed by atoms with Crippen LogP contribution in [0.1, 0.15) is 0 Å². The molecule has 32 heteroatoms. The van der Waals surface area contributed by atoms with Crippen LogP contribution in [0.25, 0.3) is 0 Å². The van der Waals surface area contributed by atoms with Gasteiger partial charge in [-0.1, -0.05) is 0 Å². The van der Waals surface area contributed by atoms with Gasteiger partial charge in [0.25, 0.3) is 0 Å². The first-order chi connectivity index (χ1) is 32.2. The molecule has 0 amide bonds. The quantitative estimate of drug-likeness (QED) is 0.117. The van der Waals surface area contributed by atoms with Crippen LogP contribution < -0.4 is 0 Å². The highest BCUT2D eigenvalue weighted by Crippen LogP contribution is 2.38. The molecule has 12 bridgehead atoms. The standard InChI is InChI=1S/C36H56O32/c37-1-5-21-11(43)17(49)33(59-5)65-25-13(45)19(51)35(67-27(25)29(53)54)64-24-8(4-40)58-32(16(48)10(24)42)62-22-6(2-38)60-34(18(50)12(22)44)66-26-14(46)20(52)36(68-28(26)30(55)56)63-23-7(3-39)57-31(61-21)15(47)9(23)41/h5-28,31-52H,1-4H2,(H,53,54)(H,55,56)/t5-,6-,7-,8-,9-,10-,11-,12-,13-,14-,15-,16-,17-,18-,19-,20-,21-,22-,23-,24-,25+,26+,27+,28+,31-,32-,33-,34-,35+,36+/m1/s1. The first kappa shape index (κ1) is 53.6. The van der Waals surface area contributed by atoms with Gasteiger partial charge in [0.2, 0.25) is 0 Å². The zero-order valence-corrected chi connectivity index (χ0v) is 34.9. The Morgan fingerprint density at radius 3 is 0.632 bits per heavy atom. The lowest BCUT2D eigenvalue weighted by Crippen LogP contribution is -2.69. The summed E-state index contributed by atoms with van der Waals surface area (Å²) in [6.45, 7) is -4.39. The van der Waals surface area contributed by atoms with E-state index in [0.717, 1.165) is 0 Å². The lowest BCUT2D eigenvalue weighted by molar-refractivity contribution is -0.401. The Hall–Kier alpha value is -2.18. The average molecular weight is 1000 g/mol. The Balaban J connectivity index is 1.21. The highest BCUT2D eigenvalue weighted by atomic mass is 16.8. The number of aliphatic hydroxyl groups excluding tert-OH is 16. The molecule has 0 unspecified atom stereocenters. The number of carboxylic acid groups (broad SMARTS) is 2. The van der Waals surface area contributed by atoms with Crippen LogP contribution in [0.15, 0.2) is 0 Å². The molecule has 22 aliphatic heterocycles. The summed E-state index contributed by atoms with van der Waals surface area (Å²) in [4.78, 5) is 25.0. The highest BCUT2D eigenvalue weighted by Gasteiger charge is 2.60. The van der Waals surface area contributed by atoms with Crippen molar-refractivity contribution >= 4 is 11.9 Å². The van der Waals surface area contributed by atoms with Crippen molar-refractivity contribution in [2.75, 3.05) is 26.4 Å². The summed E-state index contributed by atoms with van der Waals surface area (Å²) < 4.78 is 66.3. The Morgan fingerprint density at radius 2 is 0.441 bits per heavy atom. The molecule has 18 N–H and O–H groups in total. The average Bonchev–Trinajstić information content (AvgIpc) is 3.31. The van der Waals surface area contributed by atoms with Crippen LogP contribution in [0.4, 0.5) is 0 Å². The van der Waals surface area contributed by atoms with Gasteiger partial charge in [-0.2, -0.15) is 0 Å². The lowest BCUT2D eigenvalue weighted by atomic mass is 9.94. The van der Waals surface area contributed by atoms with Gasteiger partial charge in [0, 0.05) is 0 Å². The first-order valence-electron chi connectivity index (χ1n) is 21.1. The molecule has 68 heavy (non-hydrogen) atoms. The summed E-state index contributed by atoms with van der Waals surface area (Å²) >= 11 is 0. The number of hydrogen-bond donors (Lipinski definition) is 18. The fourth-order valence-corrected chi connectivity index (χ4v) is 8.86. The zero-order chi connectivity index (χ0) is 49.8. The number of aliphatic hydroxyl groups is 16. The molecule has 32 nitrogen and oxygen atoms in total. The number of rotatable bonds is 6. The van der Waals surface area contributed by atoms with Crippen molar-refractivity contribution < 1.29 is 158 Å². The van der Waals surface area contributed by atoms with E-state index in [2.05, 4.69) is 0 Å². The number of carbonyl (C=O) groups is 2. The molecular weight excluding hydrogens is 944 g/mol. The predicted octanol–water partition coefficient (Wildman–Crippen LogP) is -12.9. The van der Waals surface area contributed by atoms with E-state index < -0.39 is 223 Å². The van der Waals surface area contributed by atoms with Crippen molar-refractivity contribution in [1.82, 2.24) is 0 Å². The van der Waals surface area contributed by atoms with Gasteiger partial charge in [-0.15, -0.1) is 0 Å². The fraction of sp³-hybridized carbons (Fsp3) is 0.944. The SMILES string of the molecule is O=C(O)[C@H]1O[C@@H]2O[C@H]3[C@H](O)[C@@H](O)[C@@H](O[C@H]4[C@H](O)[C@@H](O)[C@@H](O[C@H]5[C@H](O)[C@@H](O)[C@@H](O[C@H]6[C@H](O)[C@@H](O)[C@@H](O[C@H]7[C@H](O)[C@@H](O)[C@@H](O[C@H]1[C@H](O)[C@H]2O)O[C@@H]7CO)O[C@@H]6CO)O[C@@H]5C(=O)O)O[C@@H]4CO)O[C@@H]3CO. The summed E-state index contributed by atoms with van der Waals surface area (Å²) in [5.41, 5.74) is 0. The molecular formula is C36H56O32. The van der Waals surface area contributed by atoms with Crippen LogP contribution in [-0.4, -0.2) is 315 Å². The largest absolute Gasteiger partial charge is 0.479 e. The number of aliphatic carboxylic acids is 2. The van der Waals surface area contributed by atoms with Gasteiger partial charge in [0.1, 0.15) is 134 Å². The molecule has 22 rings (SSSR count). The maximum Gasteiger partial charge on any atom is 0.335 e. The highest BCUT2D eigenvalue weighted by molar-refractivity contribution is 5.74. The summed E-state index contributed by atoms with van der Waals surface area (Å²) in [5, 5.41) is 195. The smallest absolute Gasteiger partial charge is 0.335 e. The summed E-state index contributed by atoms with van der Waals surface area (Å²) in [5.74, 6) is -3.81. The van der Waals surface area contributed by atoms with Crippen molar-refractivity contribution in [1.29, 1.82) is 0 Å². The third kappa shape index (κ3) is 10.1. The molecule has 0 saturated carbocycles. The minimum atomic E-state index is -2.36. The second kappa shape index (κ2) is 21.9. The Kier molecular flexibility index (Phi) is 17.3. The molecule has 22 saturated heterocycles. The third-order valence-electron chi connectivity index (χ3n) is 12.6. The van der Waals surface area contributed by atoms with E-state index in [1.54, 1.807) is 0 Å². The van der Waals surface area contributed by atoms with Crippen LogP contribution >= 0.6 is 0 Å². The Morgan fingerprint density at radius 1 is 0.265 bits per heavy atom.